The second-order valence-corrected chi connectivity index (χ2v) is 4.79. The molecule has 8 nitrogen and oxygen atoms in total. The fourth-order valence-electron chi connectivity index (χ4n) is 1.81. The Balaban J connectivity index is 2.11. The van der Waals surface area contributed by atoms with E-state index in [0.29, 0.717) is 5.82 Å². The number of benzene rings is 1. The first-order chi connectivity index (χ1) is 11.5. The number of nitro groups is 1. The SMILES string of the molecule is Cc1ccnc(N/C=C(/C#N)C(=O)Nc2cccc([N+](=O)[O-])c2)c1. The van der Waals surface area contributed by atoms with Crippen molar-refractivity contribution in [1.29, 1.82) is 5.26 Å². The van der Waals surface area contributed by atoms with Gasteiger partial charge >= 0.3 is 0 Å². The lowest BCUT2D eigenvalue weighted by Crippen LogP contribution is -2.14. The Morgan fingerprint density at radius 2 is 2.17 bits per heavy atom. The number of nitrogens with zero attached hydrogens (tertiary/aromatic N) is 3. The van der Waals surface area contributed by atoms with Gasteiger partial charge < -0.3 is 10.6 Å². The van der Waals surface area contributed by atoms with Crippen LogP contribution in [-0.2, 0) is 4.79 Å². The van der Waals surface area contributed by atoms with Crippen molar-refractivity contribution < 1.29 is 9.72 Å². The third kappa shape index (κ3) is 4.38. The fraction of sp³-hybridized carbons (Fsp3) is 0.0625. The average Bonchev–Trinajstić information content (AvgIpc) is 2.55. The van der Waals surface area contributed by atoms with Crippen LogP contribution in [0.15, 0.2) is 54.4 Å². The minimum absolute atomic E-state index is 0.155. The van der Waals surface area contributed by atoms with E-state index in [-0.39, 0.29) is 16.9 Å². The van der Waals surface area contributed by atoms with Crippen LogP contribution in [0.25, 0.3) is 0 Å². The molecule has 1 amide bonds. The van der Waals surface area contributed by atoms with E-state index in [2.05, 4.69) is 15.6 Å². The number of nitriles is 1. The van der Waals surface area contributed by atoms with Crippen molar-refractivity contribution in [2.45, 2.75) is 6.92 Å². The van der Waals surface area contributed by atoms with Crippen LogP contribution in [0.3, 0.4) is 0 Å². The van der Waals surface area contributed by atoms with Gasteiger partial charge in [-0.3, -0.25) is 14.9 Å². The van der Waals surface area contributed by atoms with Crippen LogP contribution in [0.2, 0.25) is 0 Å². The van der Waals surface area contributed by atoms with E-state index in [1.54, 1.807) is 18.3 Å². The molecule has 8 heteroatoms. The number of nitro benzene ring substituents is 1. The maximum absolute atomic E-state index is 12.1. The monoisotopic (exact) mass is 323 g/mol. The maximum atomic E-state index is 12.1. The predicted molar refractivity (Wildman–Crippen MR) is 88.0 cm³/mol. The van der Waals surface area contributed by atoms with Crippen LogP contribution in [0.5, 0.6) is 0 Å². The molecule has 0 radical (unpaired) electrons. The molecule has 1 aromatic carbocycles. The number of pyridine rings is 1. The molecule has 1 heterocycles. The van der Waals surface area contributed by atoms with Crippen molar-refractivity contribution in [1.82, 2.24) is 4.98 Å². The van der Waals surface area contributed by atoms with Gasteiger partial charge in [-0.05, 0) is 30.7 Å². The minimum atomic E-state index is -0.682. The van der Waals surface area contributed by atoms with Gasteiger partial charge in [0.25, 0.3) is 11.6 Å². The zero-order valence-electron chi connectivity index (χ0n) is 12.7. The molecule has 2 rings (SSSR count). The molecular formula is C16H13N5O3. The summed E-state index contributed by atoms with van der Waals surface area (Å²) in [6.07, 6.45) is 2.83. The van der Waals surface area contributed by atoms with Gasteiger partial charge in [-0.15, -0.1) is 0 Å². The van der Waals surface area contributed by atoms with Crippen molar-refractivity contribution >= 4 is 23.1 Å². The van der Waals surface area contributed by atoms with Gasteiger partial charge in [-0.25, -0.2) is 4.98 Å². The molecule has 2 aromatic rings. The van der Waals surface area contributed by atoms with E-state index in [9.17, 15) is 14.9 Å². The zero-order chi connectivity index (χ0) is 17.5. The smallest absolute Gasteiger partial charge is 0.271 e. The van der Waals surface area contributed by atoms with Gasteiger partial charge in [0.1, 0.15) is 17.5 Å². The lowest BCUT2D eigenvalue weighted by Gasteiger charge is -2.05. The summed E-state index contributed by atoms with van der Waals surface area (Å²) in [5.74, 6) is -0.191. The highest BCUT2D eigenvalue weighted by Crippen LogP contribution is 2.17. The summed E-state index contributed by atoms with van der Waals surface area (Å²) >= 11 is 0. The molecule has 24 heavy (non-hydrogen) atoms. The van der Waals surface area contributed by atoms with Gasteiger partial charge in [0, 0.05) is 30.2 Å². The number of aromatic nitrogens is 1. The molecule has 0 saturated carbocycles. The first-order valence-electron chi connectivity index (χ1n) is 6.85. The first kappa shape index (κ1) is 16.6. The highest BCUT2D eigenvalue weighted by atomic mass is 16.6. The van der Waals surface area contributed by atoms with Crippen molar-refractivity contribution in [2.24, 2.45) is 0 Å². The van der Waals surface area contributed by atoms with Crippen molar-refractivity contribution in [2.75, 3.05) is 10.6 Å². The summed E-state index contributed by atoms with van der Waals surface area (Å²) in [7, 11) is 0. The van der Waals surface area contributed by atoms with E-state index >= 15 is 0 Å². The number of non-ortho nitro benzene ring substituents is 1. The molecule has 2 N–H and O–H groups in total. The molecule has 0 aliphatic heterocycles. The second kappa shape index (κ2) is 7.51. The molecule has 120 valence electrons. The number of nitrogens with one attached hydrogen (secondary N) is 2. The number of rotatable bonds is 5. The van der Waals surface area contributed by atoms with Crippen LogP contribution in [0.4, 0.5) is 17.2 Å². The highest BCUT2D eigenvalue weighted by molar-refractivity contribution is 6.06. The number of carbonyl (C=O) groups excluding carboxylic acids is 1. The Kier molecular flexibility index (Phi) is 5.20. The quantitative estimate of drug-likeness (QED) is 0.378. The van der Waals surface area contributed by atoms with E-state index < -0.39 is 10.8 Å². The minimum Gasteiger partial charge on any atom is -0.345 e. The maximum Gasteiger partial charge on any atom is 0.271 e. The topological polar surface area (TPSA) is 121 Å². The lowest BCUT2D eigenvalue weighted by atomic mass is 10.2. The molecule has 0 unspecified atom stereocenters. The van der Waals surface area contributed by atoms with E-state index in [1.165, 1.54) is 30.5 Å². The van der Waals surface area contributed by atoms with Crippen molar-refractivity contribution in [3.05, 3.63) is 70.0 Å². The van der Waals surface area contributed by atoms with Crippen LogP contribution in [0.1, 0.15) is 5.56 Å². The van der Waals surface area contributed by atoms with Crippen molar-refractivity contribution in [3.8, 4) is 6.07 Å². The van der Waals surface area contributed by atoms with Crippen LogP contribution in [0, 0.1) is 28.4 Å². The summed E-state index contributed by atoms with van der Waals surface area (Å²) in [5, 5.41) is 25.0. The molecule has 0 saturated heterocycles. The van der Waals surface area contributed by atoms with Crippen LogP contribution in [-0.4, -0.2) is 15.8 Å². The molecule has 0 fully saturated rings. The van der Waals surface area contributed by atoms with Gasteiger partial charge in [0.15, 0.2) is 0 Å². The Hall–Kier alpha value is -3.73. The largest absolute Gasteiger partial charge is 0.345 e. The van der Waals surface area contributed by atoms with E-state index in [4.69, 9.17) is 5.26 Å². The summed E-state index contributed by atoms with van der Waals surface area (Å²) in [4.78, 5) is 26.3. The standard InChI is InChI=1S/C16H13N5O3/c1-11-5-6-18-15(7-11)19-10-12(9-17)16(22)20-13-3-2-4-14(8-13)21(23)24/h2-8,10H,1H3,(H,18,19)(H,20,22)/b12-10-. The summed E-state index contributed by atoms with van der Waals surface area (Å²) in [5.41, 5.74) is 0.853. The van der Waals surface area contributed by atoms with E-state index in [1.807, 2.05) is 13.0 Å². The Bertz CT molecular complexity index is 855. The number of hydrogen-bond donors (Lipinski definition) is 2. The first-order valence-corrected chi connectivity index (χ1v) is 6.85. The molecule has 0 spiro atoms. The third-order valence-electron chi connectivity index (χ3n) is 2.96. The van der Waals surface area contributed by atoms with Gasteiger partial charge in [-0.2, -0.15) is 5.26 Å². The zero-order valence-corrected chi connectivity index (χ0v) is 12.7. The van der Waals surface area contributed by atoms with E-state index in [0.717, 1.165) is 5.56 Å². The molecule has 0 bridgehead atoms. The van der Waals surface area contributed by atoms with Crippen LogP contribution >= 0.6 is 0 Å². The summed E-state index contributed by atoms with van der Waals surface area (Å²) < 4.78 is 0. The molecule has 0 aliphatic rings. The Morgan fingerprint density at radius 3 is 2.83 bits per heavy atom. The van der Waals surface area contributed by atoms with Gasteiger partial charge in [0.05, 0.1) is 4.92 Å². The lowest BCUT2D eigenvalue weighted by molar-refractivity contribution is -0.384. The Labute approximate surface area is 137 Å². The second-order valence-electron chi connectivity index (χ2n) is 4.79. The van der Waals surface area contributed by atoms with Gasteiger partial charge in [-0.1, -0.05) is 6.07 Å². The number of amides is 1. The van der Waals surface area contributed by atoms with Crippen molar-refractivity contribution in [3.63, 3.8) is 0 Å². The average molecular weight is 323 g/mol. The third-order valence-corrected chi connectivity index (χ3v) is 2.96. The highest BCUT2D eigenvalue weighted by Gasteiger charge is 2.12. The molecule has 1 aromatic heterocycles. The summed E-state index contributed by atoms with van der Waals surface area (Å²) in [6.45, 7) is 1.89. The Morgan fingerprint density at radius 1 is 1.38 bits per heavy atom. The molecule has 0 atom stereocenters. The number of hydrogen-bond acceptors (Lipinski definition) is 6. The number of carbonyl (C=O) groups is 1. The summed E-state index contributed by atoms with van der Waals surface area (Å²) in [6, 6.07) is 10.8. The normalized spacial score (nSPS) is 10.6. The predicted octanol–water partition coefficient (Wildman–Crippen LogP) is 2.76. The number of aryl methyl sites for hydroxylation is 1. The van der Waals surface area contributed by atoms with Gasteiger partial charge in [0.2, 0.25) is 0 Å². The fourth-order valence-corrected chi connectivity index (χ4v) is 1.81. The molecular weight excluding hydrogens is 310 g/mol. The van der Waals surface area contributed by atoms with Crippen LogP contribution < -0.4 is 10.6 Å². The molecule has 0 aliphatic carbocycles. The number of anilines is 2.